The smallest absolute Gasteiger partial charge is 0.252 e. The summed E-state index contributed by atoms with van der Waals surface area (Å²) in [4.78, 5) is 12.0. The average molecular weight is 316 g/mol. The molecule has 0 saturated carbocycles. The van der Waals surface area contributed by atoms with Crippen LogP contribution in [0, 0.1) is 0 Å². The van der Waals surface area contributed by atoms with Crippen LogP contribution in [0.4, 0.5) is 0 Å². The van der Waals surface area contributed by atoms with Gasteiger partial charge in [0, 0.05) is 18.1 Å². The Morgan fingerprint density at radius 1 is 1.44 bits per heavy atom. The molecule has 1 unspecified atom stereocenters. The highest BCUT2D eigenvalue weighted by molar-refractivity contribution is 9.10. The Morgan fingerprint density at radius 3 is 2.78 bits per heavy atom. The number of carbonyl (C=O) groups excluding carboxylic acids is 1. The highest BCUT2D eigenvalue weighted by atomic mass is 79.9. The van der Waals surface area contributed by atoms with Crippen LogP contribution >= 0.6 is 15.9 Å². The van der Waals surface area contributed by atoms with Crippen molar-refractivity contribution in [3.8, 4) is 5.75 Å². The number of amides is 1. The van der Waals surface area contributed by atoms with Crippen LogP contribution in [-0.2, 0) is 4.74 Å². The zero-order valence-corrected chi connectivity index (χ0v) is 12.4. The lowest BCUT2D eigenvalue weighted by molar-refractivity contribution is 0.0917. The summed E-state index contributed by atoms with van der Waals surface area (Å²) in [6.45, 7) is 2.55. The van der Waals surface area contributed by atoms with E-state index >= 15 is 0 Å². The van der Waals surface area contributed by atoms with Crippen LogP contribution in [0.3, 0.4) is 0 Å². The lowest BCUT2D eigenvalue weighted by Gasteiger charge is -2.11. The first-order chi connectivity index (χ1) is 8.58. The van der Waals surface area contributed by atoms with Gasteiger partial charge >= 0.3 is 0 Å². The molecule has 0 fully saturated rings. The number of halogens is 1. The predicted octanol–water partition coefficient (Wildman–Crippen LogP) is 2.61. The summed E-state index contributed by atoms with van der Waals surface area (Å²) in [5, 5.41) is 2.85. The van der Waals surface area contributed by atoms with E-state index in [-0.39, 0.29) is 12.0 Å². The summed E-state index contributed by atoms with van der Waals surface area (Å²) in [5.74, 6) is 0.540. The Balaban J connectivity index is 2.61. The number of rotatable bonds is 6. The van der Waals surface area contributed by atoms with Crippen LogP contribution in [0.5, 0.6) is 5.75 Å². The van der Waals surface area contributed by atoms with Gasteiger partial charge in [-0.2, -0.15) is 0 Å². The first kappa shape index (κ1) is 15.0. The van der Waals surface area contributed by atoms with E-state index in [1.165, 1.54) is 0 Å². The Kier molecular flexibility index (Phi) is 6.15. The van der Waals surface area contributed by atoms with Gasteiger partial charge in [0.15, 0.2) is 0 Å². The van der Waals surface area contributed by atoms with Gasteiger partial charge in [-0.1, -0.05) is 0 Å². The lowest BCUT2D eigenvalue weighted by Crippen LogP contribution is -2.27. The van der Waals surface area contributed by atoms with Gasteiger partial charge in [-0.3, -0.25) is 4.79 Å². The maximum absolute atomic E-state index is 12.0. The summed E-state index contributed by atoms with van der Waals surface area (Å²) >= 11 is 3.35. The number of hydrogen-bond donors (Lipinski definition) is 1. The minimum absolute atomic E-state index is 0.121. The van der Waals surface area contributed by atoms with Crippen molar-refractivity contribution in [2.45, 2.75) is 19.4 Å². The van der Waals surface area contributed by atoms with Crippen molar-refractivity contribution >= 4 is 21.8 Å². The molecule has 1 amide bonds. The molecule has 0 radical (unpaired) electrons. The number of carbonyl (C=O) groups is 1. The topological polar surface area (TPSA) is 47.6 Å². The van der Waals surface area contributed by atoms with E-state index in [1.807, 2.05) is 6.92 Å². The molecule has 18 heavy (non-hydrogen) atoms. The molecule has 0 bridgehead atoms. The molecule has 1 rings (SSSR count). The minimum Gasteiger partial charge on any atom is -0.497 e. The van der Waals surface area contributed by atoms with Crippen molar-refractivity contribution in [1.82, 2.24) is 5.32 Å². The standard InChI is InChI=1S/C13H18BrNO3/c1-9(17-2)6-7-15-13(16)11-8-10(18-3)4-5-12(11)14/h4-5,8-9H,6-7H2,1-3H3,(H,15,16). The Labute approximate surface area is 116 Å². The summed E-state index contributed by atoms with van der Waals surface area (Å²) < 4.78 is 11.0. The second kappa shape index (κ2) is 7.38. The quantitative estimate of drug-likeness (QED) is 0.877. The molecular formula is C13H18BrNO3. The van der Waals surface area contributed by atoms with E-state index in [4.69, 9.17) is 9.47 Å². The van der Waals surface area contributed by atoms with Crippen molar-refractivity contribution in [2.24, 2.45) is 0 Å². The molecule has 1 aromatic rings. The average Bonchev–Trinajstić information content (AvgIpc) is 2.38. The first-order valence-electron chi connectivity index (χ1n) is 5.73. The van der Waals surface area contributed by atoms with Gasteiger partial charge < -0.3 is 14.8 Å². The molecule has 1 aromatic carbocycles. The maximum Gasteiger partial charge on any atom is 0.252 e. The minimum atomic E-state index is -0.121. The molecule has 0 aliphatic carbocycles. The summed E-state index contributed by atoms with van der Waals surface area (Å²) in [6, 6.07) is 5.30. The molecule has 0 heterocycles. The Morgan fingerprint density at radius 2 is 2.17 bits per heavy atom. The van der Waals surface area contributed by atoms with Crippen LogP contribution in [0.25, 0.3) is 0 Å². The van der Waals surface area contributed by atoms with Gasteiger partial charge in [0.1, 0.15) is 5.75 Å². The van der Waals surface area contributed by atoms with Crippen LogP contribution in [0.1, 0.15) is 23.7 Å². The molecule has 4 nitrogen and oxygen atoms in total. The third-order valence-corrected chi connectivity index (χ3v) is 3.35. The van der Waals surface area contributed by atoms with Crippen LogP contribution in [-0.4, -0.2) is 32.8 Å². The summed E-state index contributed by atoms with van der Waals surface area (Å²) in [7, 11) is 3.23. The second-order valence-corrected chi connectivity index (χ2v) is 4.79. The highest BCUT2D eigenvalue weighted by Crippen LogP contribution is 2.22. The highest BCUT2D eigenvalue weighted by Gasteiger charge is 2.11. The largest absolute Gasteiger partial charge is 0.497 e. The van der Waals surface area contributed by atoms with Crippen LogP contribution in [0.2, 0.25) is 0 Å². The van der Waals surface area contributed by atoms with Crippen molar-refractivity contribution < 1.29 is 14.3 Å². The van der Waals surface area contributed by atoms with Gasteiger partial charge in [0.2, 0.25) is 0 Å². The van der Waals surface area contributed by atoms with Gasteiger partial charge in [-0.15, -0.1) is 0 Å². The second-order valence-electron chi connectivity index (χ2n) is 3.94. The molecule has 0 aromatic heterocycles. The van der Waals surface area contributed by atoms with Gasteiger partial charge in [0.05, 0.1) is 18.8 Å². The fraction of sp³-hybridized carbons (Fsp3) is 0.462. The molecule has 0 saturated heterocycles. The van der Waals surface area contributed by atoms with Crippen molar-refractivity contribution in [3.63, 3.8) is 0 Å². The fourth-order valence-electron chi connectivity index (χ4n) is 1.41. The molecule has 0 aliphatic heterocycles. The molecule has 5 heteroatoms. The third-order valence-electron chi connectivity index (χ3n) is 2.66. The third kappa shape index (κ3) is 4.31. The van der Waals surface area contributed by atoms with Gasteiger partial charge in [0.25, 0.3) is 5.91 Å². The molecule has 1 atom stereocenters. The fourth-order valence-corrected chi connectivity index (χ4v) is 1.83. The number of benzene rings is 1. The number of hydrogen-bond acceptors (Lipinski definition) is 3. The van der Waals surface area contributed by atoms with E-state index in [9.17, 15) is 4.79 Å². The molecule has 1 N–H and O–H groups in total. The van der Waals surface area contributed by atoms with E-state index in [0.717, 1.165) is 10.9 Å². The Hall–Kier alpha value is -1.07. The lowest BCUT2D eigenvalue weighted by atomic mass is 10.2. The zero-order chi connectivity index (χ0) is 13.5. The van der Waals surface area contributed by atoms with E-state index in [0.29, 0.717) is 17.9 Å². The van der Waals surface area contributed by atoms with Crippen molar-refractivity contribution in [2.75, 3.05) is 20.8 Å². The molecule has 0 aliphatic rings. The first-order valence-corrected chi connectivity index (χ1v) is 6.52. The monoisotopic (exact) mass is 315 g/mol. The molecule has 100 valence electrons. The zero-order valence-electron chi connectivity index (χ0n) is 10.8. The van der Waals surface area contributed by atoms with E-state index in [2.05, 4.69) is 21.2 Å². The van der Waals surface area contributed by atoms with E-state index in [1.54, 1.807) is 32.4 Å². The summed E-state index contributed by atoms with van der Waals surface area (Å²) in [6.07, 6.45) is 0.920. The van der Waals surface area contributed by atoms with Crippen molar-refractivity contribution in [1.29, 1.82) is 0 Å². The Bertz CT molecular complexity index is 409. The molecule has 0 spiro atoms. The molecular weight excluding hydrogens is 298 g/mol. The van der Waals surface area contributed by atoms with Gasteiger partial charge in [-0.05, 0) is 47.5 Å². The number of methoxy groups -OCH3 is 2. The SMILES string of the molecule is COc1ccc(Br)c(C(=O)NCCC(C)OC)c1. The number of nitrogens with one attached hydrogen (secondary N) is 1. The van der Waals surface area contributed by atoms with Crippen molar-refractivity contribution in [3.05, 3.63) is 28.2 Å². The van der Waals surface area contributed by atoms with Gasteiger partial charge in [-0.25, -0.2) is 0 Å². The predicted molar refractivity (Wildman–Crippen MR) is 74.1 cm³/mol. The normalized spacial score (nSPS) is 12.0. The van der Waals surface area contributed by atoms with E-state index < -0.39 is 0 Å². The van der Waals surface area contributed by atoms with Crippen LogP contribution in [0.15, 0.2) is 22.7 Å². The maximum atomic E-state index is 12.0. The van der Waals surface area contributed by atoms with Crippen LogP contribution < -0.4 is 10.1 Å². The summed E-state index contributed by atoms with van der Waals surface area (Å²) in [5.41, 5.74) is 0.569. The number of ether oxygens (including phenoxy) is 2.